The van der Waals surface area contributed by atoms with Crippen LogP contribution in [0.2, 0.25) is 0 Å². The molecule has 3 rings (SSSR count). The number of carbonyl (C=O) groups excluding carboxylic acids is 1. The fourth-order valence-corrected chi connectivity index (χ4v) is 4.02. The average Bonchev–Trinajstić information content (AvgIpc) is 3.26. The Hall–Kier alpha value is -1.93. The number of hydrogen-bond acceptors (Lipinski definition) is 6. The van der Waals surface area contributed by atoms with Crippen LogP contribution in [0.25, 0.3) is 0 Å². The van der Waals surface area contributed by atoms with Crippen LogP contribution in [0.15, 0.2) is 11.6 Å². The van der Waals surface area contributed by atoms with Crippen molar-refractivity contribution in [2.75, 3.05) is 19.0 Å². The summed E-state index contributed by atoms with van der Waals surface area (Å²) in [7, 11) is 3.55. The largest absolute Gasteiger partial charge is 0.481 e. The first-order chi connectivity index (χ1) is 11.5. The van der Waals surface area contributed by atoms with E-state index in [4.69, 9.17) is 4.74 Å². The molecule has 1 aliphatic heterocycles. The molecule has 0 aromatic carbocycles. The highest BCUT2D eigenvalue weighted by molar-refractivity contribution is 7.13. The van der Waals surface area contributed by atoms with Gasteiger partial charge in [0.1, 0.15) is 0 Å². The van der Waals surface area contributed by atoms with Gasteiger partial charge in [0.2, 0.25) is 11.8 Å². The number of likely N-dealkylation sites (tertiary alicyclic amines) is 1. The minimum atomic E-state index is -0.245. The van der Waals surface area contributed by atoms with E-state index in [1.807, 2.05) is 26.3 Å². The van der Waals surface area contributed by atoms with Crippen LogP contribution in [0.1, 0.15) is 37.1 Å². The molecule has 1 N–H and O–H groups in total. The van der Waals surface area contributed by atoms with Crippen LogP contribution in [-0.2, 0) is 11.8 Å². The summed E-state index contributed by atoms with van der Waals surface area (Å²) in [6, 6.07) is -0.101. The Morgan fingerprint density at radius 3 is 3.00 bits per heavy atom. The standard InChI is InChI=1S/C16H23N5O2S/c1-10-13(15(23-4)20(3)19-10)12-6-5-8-21(12)11(2)14(22)18-16-17-7-9-24-16/h7,9,11-12H,5-6,8H2,1-4H3,(H,17,18,22)/t11-,12-/m0/s1. The van der Waals surface area contributed by atoms with Gasteiger partial charge in [-0.05, 0) is 33.2 Å². The van der Waals surface area contributed by atoms with Crippen molar-refractivity contribution in [3.05, 3.63) is 22.8 Å². The maximum atomic E-state index is 12.6. The minimum absolute atomic E-state index is 0.0302. The molecule has 2 atom stereocenters. The summed E-state index contributed by atoms with van der Waals surface area (Å²) in [5.74, 6) is 0.745. The Morgan fingerprint density at radius 1 is 1.54 bits per heavy atom. The normalized spacial score (nSPS) is 19.4. The minimum Gasteiger partial charge on any atom is -0.481 e. The summed E-state index contributed by atoms with van der Waals surface area (Å²) in [4.78, 5) is 18.9. The Morgan fingerprint density at radius 2 is 2.33 bits per heavy atom. The van der Waals surface area contributed by atoms with Crippen molar-refractivity contribution in [2.45, 2.75) is 38.8 Å². The molecule has 0 bridgehead atoms. The van der Waals surface area contributed by atoms with Crippen molar-refractivity contribution in [3.8, 4) is 5.88 Å². The van der Waals surface area contributed by atoms with Crippen LogP contribution < -0.4 is 10.1 Å². The topological polar surface area (TPSA) is 72.3 Å². The number of thiazole rings is 1. The first-order valence-corrected chi connectivity index (χ1v) is 8.94. The van der Waals surface area contributed by atoms with Crippen molar-refractivity contribution in [1.29, 1.82) is 0 Å². The van der Waals surface area contributed by atoms with Gasteiger partial charge in [-0.15, -0.1) is 11.3 Å². The lowest BCUT2D eigenvalue weighted by atomic mass is 10.0. The monoisotopic (exact) mass is 349 g/mol. The quantitative estimate of drug-likeness (QED) is 0.897. The molecule has 3 heterocycles. The summed E-state index contributed by atoms with van der Waals surface area (Å²) in [5, 5.41) is 9.86. The molecule has 0 radical (unpaired) electrons. The second kappa shape index (κ2) is 6.90. The van der Waals surface area contributed by atoms with Gasteiger partial charge in [-0.1, -0.05) is 0 Å². The van der Waals surface area contributed by atoms with E-state index in [-0.39, 0.29) is 18.0 Å². The predicted molar refractivity (Wildman–Crippen MR) is 93.4 cm³/mol. The lowest BCUT2D eigenvalue weighted by molar-refractivity contribution is -0.121. The van der Waals surface area contributed by atoms with Crippen LogP contribution in [-0.4, -0.2) is 45.3 Å². The third-order valence-electron chi connectivity index (χ3n) is 4.57. The maximum absolute atomic E-state index is 12.6. The van der Waals surface area contributed by atoms with E-state index in [1.54, 1.807) is 18.0 Å². The number of aryl methyl sites for hydroxylation is 2. The van der Waals surface area contributed by atoms with Gasteiger partial charge < -0.3 is 10.1 Å². The van der Waals surface area contributed by atoms with Gasteiger partial charge in [0.25, 0.3) is 0 Å². The number of nitrogens with one attached hydrogen (secondary N) is 1. The summed E-state index contributed by atoms with van der Waals surface area (Å²) in [5.41, 5.74) is 2.05. The van der Waals surface area contributed by atoms with E-state index < -0.39 is 0 Å². The van der Waals surface area contributed by atoms with E-state index in [1.165, 1.54) is 11.3 Å². The number of rotatable bonds is 5. The van der Waals surface area contributed by atoms with Crippen LogP contribution in [0, 0.1) is 6.92 Å². The van der Waals surface area contributed by atoms with Gasteiger partial charge in [-0.3, -0.25) is 9.69 Å². The highest BCUT2D eigenvalue weighted by atomic mass is 32.1. The van der Waals surface area contributed by atoms with Gasteiger partial charge >= 0.3 is 0 Å². The molecular weight excluding hydrogens is 326 g/mol. The summed E-state index contributed by atoms with van der Waals surface area (Å²) >= 11 is 1.43. The fourth-order valence-electron chi connectivity index (χ4n) is 3.49. The van der Waals surface area contributed by atoms with Crippen LogP contribution in [0.5, 0.6) is 5.88 Å². The third kappa shape index (κ3) is 3.03. The summed E-state index contributed by atoms with van der Waals surface area (Å²) in [6.07, 6.45) is 3.74. The second-order valence-corrected chi connectivity index (χ2v) is 6.92. The van der Waals surface area contributed by atoms with Gasteiger partial charge in [-0.25, -0.2) is 9.67 Å². The molecule has 0 spiro atoms. The molecule has 130 valence electrons. The van der Waals surface area contributed by atoms with Gasteiger partial charge in [0.15, 0.2) is 5.13 Å². The Bertz CT molecular complexity index is 712. The number of carbonyl (C=O) groups is 1. The average molecular weight is 349 g/mol. The Balaban J connectivity index is 1.81. The number of aromatic nitrogens is 3. The second-order valence-electron chi connectivity index (χ2n) is 6.03. The third-order valence-corrected chi connectivity index (χ3v) is 5.26. The lowest BCUT2D eigenvalue weighted by Gasteiger charge is -2.29. The predicted octanol–water partition coefficient (Wildman–Crippen LogP) is 2.36. The van der Waals surface area contributed by atoms with E-state index in [2.05, 4.69) is 20.3 Å². The highest BCUT2D eigenvalue weighted by Gasteiger charge is 2.37. The lowest BCUT2D eigenvalue weighted by Crippen LogP contribution is -2.41. The van der Waals surface area contributed by atoms with Crippen molar-refractivity contribution in [2.24, 2.45) is 7.05 Å². The number of nitrogens with zero attached hydrogens (tertiary/aromatic N) is 4. The van der Waals surface area contributed by atoms with E-state index in [0.29, 0.717) is 5.13 Å². The summed E-state index contributed by atoms with van der Waals surface area (Å²) in [6.45, 7) is 4.82. The molecule has 1 amide bonds. The molecule has 2 aromatic heterocycles. The van der Waals surface area contributed by atoms with Crippen molar-refractivity contribution in [1.82, 2.24) is 19.7 Å². The first kappa shape index (κ1) is 16.9. The van der Waals surface area contributed by atoms with Crippen molar-refractivity contribution in [3.63, 3.8) is 0 Å². The van der Waals surface area contributed by atoms with E-state index >= 15 is 0 Å². The maximum Gasteiger partial charge on any atom is 0.243 e. The molecular formula is C16H23N5O2S. The Kier molecular flexibility index (Phi) is 4.86. The molecule has 0 saturated carbocycles. The zero-order chi connectivity index (χ0) is 17.3. The smallest absolute Gasteiger partial charge is 0.243 e. The molecule has 8 heteroatoms. The number of hydrogen-bond donors (Lipinski definition) is 1. The van der Waals surface area contributed by atoms with E-state index in [0.717, 1.165) is 36.5 Å². The fraction of sp³-hybridized carbons (Fsp3) is 0.562. The van der Waals surface area contributed by atoms with Gasteiger partial charge in [-0.2, -0.15) is 5.10 Å². The van der Waals surface area contributed by atoms with Crippen LogP contribution in [0.3, 0.4) is 0 Å². The Labute approximate surface area is 145 Å². The molecule has 1 saturated heterocycles. The zero-order valence-corrected chi connectivity index (χ0v) is 15.3. The van der Waals surface area contributed by atoms with Crippen molar-refractivity contribution >= 4 is 22.4 Å². The van der Waals surface area contributed by atoms with Gasteiger partial charge in [0, 0.05) is 24.7 Å². The first-order valence-electron chi connectivity index (χ1n) is 8.06. The highest BCUT2D eigenvalue weighted by Crippen LogP contribution is 2.39. The van der Waals surface area contributed by atoms with E-state index in [9.17, 15) is 4.79 Å². The SMILES string of the molecule is COc1c([C@@H]2CCCN2[C@@H](C)C(=O)Nc2nccs2)c(C)nn1C. The molecule has 0 unspecified atom stereocenters. The summed E-state index contributed by atoms with van der Waals surface area (Å²) < 4.78 is 7.31. The number of anilines is 1. The number of methoxy groups -OCH3 is 1. The van der Waals surface area contributed by atoms with Gasteiger partial charge in [0.05, 0.1) is 24.4 Å². The van der Waals surface area contributed by atoms with Crippen LogP contribution >= 0.6 is 11.3 Å². The van der Waals surface area contributed by atoms with Crippen LogP contribution in [0.4, 0.5) is 5.13 Å². The van der Waals surface area contributed by atoms with Crippen molar-refractivity contribution < 1.29 is 9.53 Å². The zero-order valence-electron chi connectivity index (χ0n) is 14.4. The molecule has 1 aliphatic rings. The number of amides is 1. The molecule has 7 nitrogen and oxygen atoms in total. The molecule has 24 heavy (non-hydrogen) atoms. The number of ether oxygens (including phenoxy) is 1. The molecule has 0 aliphatic carbocycles. The molecule has 2 aromatic rings. The molecule has 1 fully saturated rings.